The molecule has 1 fully saturated rings. The number of hydrogen-bond donors (Lipinski definition) is 3. The van der Waals surface area contributed by atoms with E-state index in [1.165, 1.54) is 6.34 Å². The Morgan fingerprint density at radius 3 is 2.67 bits per heavy atom. The van der Waals surface area contributed by atoms with E-state index in [0.717, 1.165) is 29.7 Å². The third-order valence-corrected chi connectivity index (χ3v) is 4.97. The molecule has 0 bridgehead atoms. The van der Waals surface area contributed by atoms with Crippen molar-refractivity contribution in [2.45, 2.75) is 25.8 Å². The minimum absolute atomic E-state index is 0.233. The first-order valence-corrected chi connectivity index (χ1v) is 9.73. The first-order valence-electron chi connectivity index (χ1n) is 9.73. The van der Waals surface area contributed by atoms with E-state index in [1.807, 2.05) is 25.1 Å². The van der Waals surface area contributed by atoms with Gasteiger partial charge in [0.1, 0.15) is 11.5 Å². The monoisotopic (exact) mass is 398 g/mol. The smallest absolute Gasteiger partial charge is 0.274 e. The quantitative estimate of drug-likeness (QED) is 0.429. The molecule has 7 heteroatoms. The van der Waals surface area contributed by atoms with Crippen LogP contribution in [0.4, 0.5) is 5.69 Å². The van der Waals surface area contributed by atoms with E-state index in [4.69, 9.17) is 10.8 Å². The van der Waals surface area contributed by atoms with Gasteiger partial charge in [-0.15, -0.1) is 0 Å². The summed E-state index contributed by atoms with van der Waals surface area (Å²) in [5.41, 5.74) is 4.23. The average Bonchev–Trinajstić information content (AvgIpc) is 3.60. The predicted octanol–water partition coefficient (Wildman–Crippen LogP) is 4.10. The van der Waals surface area contributed by atoms with E-state index in [-0.39, 0.29) is 17.8 Å². The van der Waals surface area contributed by atoms with Gasteiger partial charge in [-0.25, -0.2) is 0 Å². The normalized spacial score (nSPS) is 12.8. The molecule has 1 aromatic carbocycles. The number of rotatable bonds is 6. The third kappa shape index (κ3) is 4.25. The van der Waals surface area contributed by atoms with Crippen LogP contribution in [-0.4, -0.2) is 39.0 Å². The van der Waals surface area contributed by atoms with Gasteiger partial charge in [-0.1, -0.05) is 18.2 Å². The molecule has 1 aliphatic rings. The minimum atomic E-state index is -0.327. The number of benzene rings is 1. The van der Waals surface area contributed by atoms with Crippen molar-refractivity contribution in [3.63, 3.8) is 0 Å². The fourth-order valence-corrected chi connectivity index (χ4v) is 3.17. The first-order chi connectivity index (χ1) is 14.5. The molecule has 3 N–H and O–H groups in total. The molecule has 0 unspecified atom stereocenters. The fourth-order valence-electron chi connectivity index (χ4n) is 3.17. The number of anilines is 1. The summed E-state index contributed by atoms with van der Waals surface area (Å²) in [5, 5.41) is 18.8. The zero-order valence-corrected chi connectivity index (χ0v) is 16.6. The molecule has 150 valence electrons. The Morgan fingerprint density at radius 2 is 1.97 bits per heavy atom. The second-order valence-electron chi connectivity index (χ2n) is 7.27. The largest absolute Gasteiger partial charge is 0.321 e. The van der Waals surface area contributed by atoms with Gasteiger partial charge >= 0.3 is 0 Å². The molecular weight excluding hydrogens is 376 g/mol. The van der Waals surface area contributed by atoms with Crippen molar-refractivity contribution in [3.8, 4) is 11.1 Å². The lowest BCUT2D eigenvalue weighted by Crippen LogP contribution is -2.31. The van der Waals surface area contributed by atoms with Crippen molar-refractivity contribution in [1.29, 1.82) is 10.8 Å². The Hall–Kier alpha value is -3.87. The van der Waals surface area contributed by atoms with E-state index >= 15 is 0 Å². The van der Waals surface area contributed by atoms with Gasteiger partial charge in [-0.05, 0) is 55.7 Å². The highest BCUT2D eigenvalue weighted by Crippen LogP contribution is 2.27. The summed E-state index contributed by atoms with van der Waals surface area (Å²) < 4.78 is 0. The third-order valence-electron chi connectivity index (χ3n) is 4.97. The van der Waals surface area contributed by atoms with Crippen LogP contribution in [0.3, 0.4) is 0 Å². The Balaban J connectivity index is 1.51. The van der Waals surface area contributed by atoms with Crippen molar-refractivity contribution in [3.05, 3.63) is 77.9 Å². The number of amidine groups is 1. The van der Waals surface area contributed by atoms with Crippen LogP contribution in [0.1, 0.15) is 34.6 Å². The summed E-state index contributed by atoms with van der Waals surface area (Å²) in [7, 11) is 0. The molecule has 2 heterocycles. The topological polar surface area (TPSA) is 106 Å². The van der Waals surface area contributed by atoms with E-state index in [1.54, 1.807) is 47.6 Å². The summed E-state index contributed by atoms with van der Waals surface area (Å²) in [6.07, 6.45) is 6.56. The van der Waals surface area contributed by atoms with Crippen molar-refractivity contribution in [2.75, 3.05) is 5.32 Å². The molecule has 30 heavy (non-hydrogen) atoms. The predicted molar refractivity (Wildman–Crippen MR) is 117 cm³/mol. The van der Waals surface area contributed by atoms with Crippen LogP contribution in [0.5, 0.6) is 0 Å². The van der Waals surface area contributed by atoms with Crippen molar-refractivity contribution < 1.29 is 4.79 Å². The number of nitrogens with one attached hydrogen (secondary N) is 3. The molecule has 2 aromatic heterocycles. The zero-order chi connectivity index (χ0) is 21.1. The number of nitrogens with zero attached hydrogens (tertiary/aromatic N) is 3. The second kappa shape index (κ2) is 8.24. The fraction of sp³-hybridized carbons (Fsp3) is 0.174. The Labute approximate surface area is 174 Å². The number of carbonyl (C=O) groups excluding carboxylic acids is 1. The molecule has 1 saturated carbocycles. The zero-order valence-electron chi connectivity index (χ0n) is 16.6. The van der Waals surface area contributed by atoms with Gasteiger partial charge in [0.2, 0.25) is 0 Å². The number of hydrogen-bond acceptors (Lipinski definition) is 5. The first kappa shape index (κ1) is 19.4. The van der Waals surface area contributed by atoms with Gasteiger partial charge in [0, 0.05) is 40.9 Å². The molecule has 1 aliphatic carbocycles. The van der Waals surface area contributed by atoms with Gasteiger partial charge in [0.25, 0.3) is 5.91 Å². The van der Waals surface area contributed by atoms with Crippen LogP contribution in [0, 0.1) is 17.7 Å². The SMILES string of the molecule is Cc1ccc(-c2ccnc(C(=O)Nc3cccc(C(=N)N(C=N)C4CC4)c3)c2)cn1. The van der Waals surface area contributed by atoms with Crippen LogP contribution in [0.15, 0.2) is 60.9 Å². The molecule has 0 spiro atoms. The maximum atomic E-state index is 12.8. The van der Waals surface area contributed by atoms with Crippen LogP contribution in [-0.2, 0) is 0 Å². The molecule has 0 atom stereocenters. The minimum Gasteiger partial charge on any atom is -0.321 e. The Morgan fingerprint density at radius 1 is 1.13 bits per heavy atom. The summed E-state index contributed by atoms with van der Waals surface area (Å²) in [6.45, 7) is 1.93. The lowest BCUT2D eigenvalue weighted by atomic mass is 10.1. The maximum Gasteiger partial charge on any atom is 0.274 e. The van der Waals surface area contributed by atoms with E-state index in [9.17, 15) is 4.79 Å². The molecule has 4 rings (SSSR count). The standard InChI is InChI=1S/C23H22N6O/c1-15-5-6-18(13-27-15)16-9-10-26-21(12-16)23(30)28-19-4-2-3-17(11-19)22(25)29(14-24)20-7-8-20/h2-6,9-14,20,24-25H,7-8H2,1H3,(H,28,30). The molecule has 0 radical (unpaired) electrons. The number of amides is 1. The second-order valence-corrected chi connectivity index (χ2v) is 7.27. The highest BCUT2D eigenvalue weighted by Gasteiger charge is 2.30. The van der Waals surface area contributed by atoms with Crippen LogP contribution >= 0.6 is 0 Å². The summed E-state index contributed by atoms with van der Waals surface area (Å²) >= 11 is 0. The number of aromatic nitrogens is 2. The molecule has 3 aromatic rings. The van der Waals surface area contributed by atoms with Gasteiger partial charge < -0.3 is 10.2 Å². The van der Waals surface area contributed by atoms with Crippen molar-refractivity contribution >= 4 is 23.8 Å². The van der Waals surface area contributed by atoms with Crippen molar-refractivity contribution in [2.24, 2.45) is 0 Å². The summed E-state index contributed by atoms with van der Waals surface area (Å²) in [6, 6.07) is 14.8. The van der Waals surface area contributed by atoms with Crippen molar-refractivity contribution in [1.82, 2.24) is 14.9 Å². The number of carbonyl (C=O) groups is 1. The summed E-state index contributed by atoms with van der Waals surface area (Å²) in [4.78, 5) is 22.9. The highest BCUT2D eigenvalue weighted by molar-refractivity contribution is 6.06. The Bertz CT molecular complexity index is 1100. The molecule has 0 aliphatic heterocycles. The van der Waals surface area contributed by atoms with Crippen LogP contribution < -0.4 is 5.32 Å². The van der Waals surface area contributed by atoms with Gasteiger partial charge in [-0.3, -0.25) is 25.6 Å². The number of pyridine rings is 2. The van der Waals surface area contributed by atoms with E-state index in [0.29, 0.717) is 16.9 Å². The Kier molecular flexibility index (Phi) is 5.34. The highest BCUT2D eigenvalue weighted by atomic mass is 16.1. The van der Waals surface area contributed by atoms with E-state index < -0.39 is 0 Å². The van der Waals surface area contributed by atoms with Gasteiger partial charge in [-0.2, -0.15) is 0 Å². The molecule has 1 amide bonds. The average molecular weight is 398 g/mol. The van der Waals surface area contributed by atoms with E-state index in [2.05, 4.69) is 15.3 Å². The lowest BCUT2D eigenvalue weighted by molar-refractivity contribution is 0.102. The lowest BCUT2D eigenvalue weighted by Gasteiger charge is -2.19. The maximum absolute atomic E-state index is 12.8. The molecule has 7 nitrogen and oxygen atoms in total. The molecule has 0 saturated heterocycles. The molecular formula is C23H22N6O. The number of aryl methyl sites for hydroxylation is 1. The van der Waals surface area contributed by atoms with Crippen LogP contribution in [0.25, 0.3) is 11.1 Å². The summed E-state index contributed by atoms with van der Waals surface area (Å²) in [5.74, 6) is -0.0673. The van der Waals surface area contributed by atoms with Crippen LogP contribution in [0.2, 0.25) is 0 Å². The van der Waals surface area contributed by atoms with Gasteiger partial charge in [0.15, 0.2) is 0 Å². The van der Waals surface area contributed by atoms with Gasteiger partial charge in [0.05, 0.1) is 6.34 Å².